The van der Waals surface area contributed by atoms with Crippen LogP contribution in [0.2, 0.25) is 5.02 Å². The van der Waals surface area contributed by atoms with Gasteiger partial charge in [0.2, 0.25) is 0 Å². The smallest absolute Gasteiger partial charge is 0.343 e. The quantitative estimate of drug-likeness (QED) is 0.168. The molecule has 2 N–H and O–H groups in total. The zero-order valence-corrected chi connectivity index (χ0v) is 17.8. The second kappa shape index (κ2) is 9.44. The van der Waals surface area contributed by atoms with Crippen molar-refractivity contribution in [2.24, 2.45) is 4.99 Å². The summed E-state index contributed by atoms with van der Waals surface area (Å²) in [7, 11) is 2.07. The van der Waals surface area contributed by atoms with Crippen LogP contribution in [-0.4, -0.2) is 68.1 Å². The fourth-order valence-corrected chi connectivity index (χ4v) is 3.48. The highest BCUT2D eigenvalue weighted by atomic mass is 35.5. The van der Waals surface area contributed by atoms with Crippen molar-refractivity contribution in [3.63, 3.8) is 0 Å². The molecule has 30 heavy (non-hydrogen) atoms. The standard InChI is InChI=1S/C20H25ClN4O5/c1-3-30-20(27)15(12-22-13-4-5-13)19(26)14-10-18(25(28)29)17(11-16(14)21)24-8-6-23(2)7-9-24/h10-13,26H,3-9H2,1-2H3/p+1/b19-15+,22-12?. The lowest BCUT2D eigenvalue weighted by Gasteiger charge is -2.31. The minimum atomic E-state index is -0.760. The molecule has 1 saturated carbocycles. The van der Waals surface area contributed by atoms with Gasteiger partial charge in [0.25, 0.3) is 5.69 Å². The van der Waals surface area contributed by atoms with Crippen molar-refractivity contribution in [1.82, 2.24) is 0 Å². The number of aliphatic hydroxyl groups is 1. The number of carbonyl (C=O) groups is 1. The zero-order chi connectivity index (χ0) is 21.8. The van der Waals surface area contributed by atoms with Crippen molar-refractivity contribution in [2.45, 2.75) is 25.8 Å². The summed E-state index contributed by atoms with van der Waals surface area (Å²) >= 11 is 6.40. The van der Waals surface area contributed by atoms with Crippen molar-refractivity contribution in [2.75, 3.05) is 44.7 Å². The number of nitrogens with zero attached hydrogens (tertiary/aromatic N) is 3. The normalized spacial score (nSPS) is 18.4. The number of nitrogens with one attached hydrogen (secondary N) is 1. The predicted octanol–water partition coefficient (Wildman–Crippen LogP) is 1.65. The van der Waals surface area contributed by atoms with Gasteiger partial charge in [-0.05, 0) is 25.8 Å². The van der Waals surface area contributed by atoms with Crippen molar-refractivity contribution >= 4 is 40.9 Å². The molecule has 3 rings (SSSR count). The molecule has 10 heteroatoms. The first kappa shape index (κ1) is 22.0. The van der Waals surface area contributed by atoms with E-state index in [0.29, 0.717) is 18.8 Å². The lowest BCUT2D eigenvalue weighted by atomic mass is 10.1. The topological polar surface area (TPSA) is 110 Å². The number of aliphatic hydroxyl groups excluding tert-OH is 1. The second-order valence-corrected chi connectivity index (χ2v) is 7.92. The fraction of sp³-hybridized carbons (Fsp3) is 0.500. The summed E-state index contributed by atoms with van der Waals surface area (Å²) in [6, 6.07) is 2.81. The Kier molecular flexibility index (Phi) is 6.94. The first-order valence-corrected chi connectivity index (χ1v) is 10.4. The van der Waals surface area contributed by atoms with Crippen LogP contribution in [0.5, 0.6) is 0 Å². The third kappa shape index (κ3) is 5.09. The SMILES string of the molecule is CCOC(=O)/C(C=NC1CC1)=C(/O)c1cc([N+](=O)[O-])c(N2CC[NH+](C)CC2)cc1Cl. The minimum absolute atomic E-state index is 0.00262. The Bertz CT molecular complexity index is 889. The molecule has 1 saturated heterocycles. The minimum Gasteiger partial charge on any atom is -0.506 e. The molecular formula is C20H26ClN4O5+. The summed E-state index contributed by atoms with van der Waals surface area (Å²) in [6.45, 7) is 4.79. The molecule has 1 aliphatic carbocycles. The molecule has 0 aromatic heterocycles. The Morgan fingerprint density at radius 3 is 2.67 bits per heavy atom. The number of carbonyl (C=O) groups excluding carboxylic acids is 1. The Morgan fingerprint density at radius 2 is 2.10 bits per heavy atom. The summed E-state index contributed by atoms with van der Waals surface area (Å²) in [5, 5.41) is 22.7. The van der Waals surface area contributed by atoms with Crippen molar-refractivity contribution in [1.29, 1.82) is 0 Å². The van der Waals surface area contributed by atoms with Gasteiger partial charge < -0.3 is 19.6 Å². The number of hydrogen-bond donors (Lipinski definition) is 2. The number of aliphatic imine (C=N–C) groups is 1. The van der Waals surface area contributed by atoms with E-state index in [1.807, 2.05) is 4.90 Å². The largest absolute Gasteiger partial charge is 0.506 e. The maximum Gasteiger partial charge on any atom is 0.343 e. The highest BCUT2D eigenvalue weighted by molar-refractivity contribution is 6.33. The number of nitro benzene ring substituents is 1. The molecule has 0 spiro atoms. The number of ether oxygens (including phenoxy) is 1. The highest BCUT2D eigenvalue weighted by Gasteiger charge is 2.28. The van der Waals surface area contributed by atoms with Crippen LogP contribution in [0.25, 0.3) is 5.76 Å². The van der Waals surface area contributed by atoms with Crippen molar-refractivity contribution < 1.29 is 24.5 Å². The molecule has 0 atom stereocenters. The number of hydrogen-bond acceptors (Lipinski definition) is 7. The molecule has 0 bridgehead atoms. The number of piperazine rings is 1. The van der Waals surface area contributed by atoms with Gasteiger partial charge in [-0.1, -0.05) is 11.6 Å². The summed E-state index contributed by atoms with van der Waals surface area (Å²) < 4.78 is 5.01. The molecule has 0 amide bonds. The Morgan fingerprint density at radius 1 is 1.43 bits per heavy atom. The van der Waals surface area contributed by atoms with E-state index in [0.717, 1.165) is 25.9 Å². The lowest BCUT2D eigenvalue weighted by Crippen LogP contribution is -3.12. The average molecular weight is 438 g/mol. The molecule has 0 unspecified atom stereocenters. The molecular weight excluding hydrogens is 412 g/mol. The van der Waals surface area contributed by atoms with E-state index < -0.39 is 16.7 Å². The molecule has 2 aliphatic rings. The molecule has 2 fully saturated rings. The number of rotatable bonds is 7. The van der Waals surface area contributed by atoms with Crippen LogP contribution >= 0.6 is 11.6 Å². The van der Waals surface area contributed by atoms with E-state index in [1.54, 1.807) is 6.92 Å². The molecule has 162 valence electrons. The molecule has 0 radical (unpaired) electrons. The Hall–Kier alpha value is -2.65. The summed E-state index contributed by atoms with van der Waals surface area (Å²) in [4.78, 5) is 31.1. The van der Waals surface area contributed by atoms with Gasteiger partial charge in [0.1, 0.15) is 17.0 Å². The van der Waals surface area contributed by atoms with E-state index in [4.69, 9.17) is 16.3 Å². The number of esters is 1. The van der Waals surface area contributed by atoms with Gasteiger partial charge in [0.05, 0.1) is 55.8 Å². The first-order chi connectivity index (χ1) is 14.3. The van der Waals surface area contributed by atoms with E-state index in [9.17, 15) is 20.0 Å². The van der Waals surface area contributed by atoms with Crippen LogP contribution in [0.15, 0.2) is 22.7 Å². The number of anilines is 1. The van der Waals surface area contributed by atoms with Gasteiger partial charge in [0.15, 0.2) is 0 Å². The highest BCUT2D eigenvalue weighted by Crippen LogP contribution is 2.37. The Balaban J connectivity index is 2.04. The maximum atomic E-state index is 12.3. The van der Waals surface area contributed by atoms with Crippen LogP contribution in [0.3, 0.4) is 0 Å². The zero-order valence-electron chi connectivity index (χ0n) is 17.1. The van der Waals surface area contributed by atoms with Crippen molar-refractivity contribution in [3.05, 3.63) is 38.4 Å². The summed E-state index contributed by atoms with van der Waals surface area (Å²) in [5.74, 6) is -1.25. The third-order valence-electron chi connectivity index (χ3n) is 5.19. The number of quaternary nitrogens is 1. The number of nitro groups is 1. The predicted molar refractivity (Wildman–Crippen MR) is 115 cm³/mol. The van der Waals surface area contributed by atoms with Crippen LogP contribution in [0, 0.1) is 10.1 Å². The molecule has 1 aromatic rings. The average Bonchev–Trinajstić information content (AvgIpc) is 3.53. The summed E-state index contributed by atoms with van der Waals surface area (Å²) in [5.41, 5.74) is 0.0503. The van der Waals surface area contributed by atoms with Crippen LogP contribution in [0.1, 0.15) is 25.3 Å². The van der Waals surface area contributed by atoms with Crippen molar-refractivity contribution in [3.8, 4) is 0 Å². The van der Waals surface area contributed by atoms with Gasteiger partial charge in [-0.3, -0.25) is 15.1 Å². The number of halogens is 1. The summed E-state index contributed by atoms with van der Waals surface area (Å²) in [6.07, 6.45) is 3.10. The third-order valence-corrected chi connectivity index (χ3v) is 5.50. The second-order valence-electron chi connectivity index (χ2n) is 7.51. The maximum absolute atomic E-state index is 12.3. The lowest BCUT2D eigenvalue weighted by molar-refractivity contribution is -0.880. The van der Waals surface area contributed by atoms with E-state index >= 15 is 0 Å². The van der Waals surface area contributed by atoms with Crippen LogP contribution in [0.4, 0.5) is 11.4 Å². The molecule has 9 nitrogen and oxygen atoms in total. The monoisotopic (exact) mass is 437 g/mol. The Labute approximate surface area is 179 Å². The van der Waals surface area contributed by atoms with Gasteiger partial charge in [-0.15, -0.1) is 0 Å². The van der Waals surface area contributed by atoms with E-state index in [2.05, 4.69) is 12.0 Å². The van der Waals surface area contributed by atoms with Gasteiger partial charge in [-0.25, -0.2) is 4.79 Å². The van der Waals surface area contributed by atoms with E-state index in [-0.39, 0.29) is 34.5 Å². The number of likely N-dealkylation sites (N-methyl/N-ethyl adjacent to an activating group) is 1. The van der Waals surface area contributed by atoms with Crippen LogP contribution < -0.4 is 9.80 Å². The van der Waals surface area contributed by atoms with Gasteiger partial charge >= 0.3 is 5.97 Å². The molecule has 1 aliphatic heterocycles. The van der Waals surface area contributed by atoms with Gasteiger partial charge in [-0.2, -0.15) is 0 Å². The molecule has 1 aromatic carbocycles. The van der Waals surface area contributed by atoms with Gasteiger partial charge in [0, 0.05) is 17.8 Å². The van der Waals surface area contributed by atoms with Crippen LogP contribution in [-0.2, 0) is 9.53 Å². The fourth-order valence-electron chi connectivity index (χ4n) is 3.23. The number of benzene rings is 1. The van der Waals surface area contributed by atoms with E-state index in [1.165, 1.54) is 23.2 Å². The molecule has 1 heterocycles. The first-order valence-electron chi connectivity index (χ1n) is 9.99.